The van der Waals surface area contributed by atoms with Gasteiger partial charge >= 0.3 is 6.03 Å². The van der Waals surface area contributed by atoms with Crippen LogP contribution < -0.4 is 0 Å². The van der Waals surface area contributed by atoms with Crippen LogP contribution in [0.25, 0.3) is 0 Å². The Hall–Kier alpha value is -0.730. The second-order valence-electron chi connectivity index (χ2n) is 4.37. The van der Waals surface area contributed by atoms with Crippen molar-refractivity contribution in [3.63, 3.8) is 0 Å². The van der Waals surface area contributed by atoms with Crippen LogP contribution in [0.15, 0.2) is 0 Å². The van der Waals surface area contributed by atoms with Gasteiger partial charge in [-0.25, -0.2) is 4.79 Å². The van der Waals surface area contributed by atoms with Crippen LogP contribution in [-0.4, -0.2) is 41.5 Å². The third-order valence-corrected chi connectivity index (χ3v) is 3.47. The summed E-state index contributed by atoms with van der Waals surface area (Å²) >= 11 is 0. The van der Waals surface area contributed by atoms with Crippen LogP contribution in [0.5, 0.6) is 0 Å². The standard InChI is InChI=1S/C11H20N2O/c1-2-10-6-5-9-13(10)11(14)12-7-3-4-8-12/h10H,2-9H2,1H3/t10-/m0/s1. The molecule has 2 fully saturated rings. The maximum Gasteiger partial charge on any atom is 0.320 e. The Balaban J connectivity index is 1.95. The third kappa shape index (κ3) is 1.72. The lowest BCUT2D eigenvalue weighted by molar-refractivity contribution is 0.156. The quantitative estimate of drug-likeness (QED) is 0.630. The van der Waals surface area contributed by atoms with Crippen molar-refractivity contribution in [1.29, 1.82) is 0 Å². The molecule has 0 aromatic rings. The first-order valence-corrected chi connectivity index (χ1v) is 5.88. The Morgan fingerprint density at radius 3 is 2.57 bits per heavy atom. The molecule has 0 saturated carbocycles. The number of carbonyl (C=O) groups excluding carboxylic acids is 1. The lowest BCUT2D eigenvalue weighted by Crippen LogP contribution is -2.44. The summed E-state index contributed by atoms with van der Waals surface area (Å²) in [5.41, 5.74) is 0. The number of rotatable bonds is 1. The minimum Gasteiger partial charge on any atom is -0.325 e. The van der Waals surface area contributed by atoms with Gasteiger partial charge in [0.15, 0.2) is 0 Å². The lowest BCUT2D eigenvalue weighted by Gasteiger charge is -2.28. The Morgan fingerprint density at radius 1 is 1.21 bits per heavy atom. The highest BCUT2D eigenvalue weighted by Crippen LogP contribution is 2.22. The van der Waals surface area contributed by atoms with Gasteiger partial charge in [-0.1, -0.05) is 6.92 Å². The van der Waals surface area contributed by atoms with Crippen molar-refractivity contribution < 1.29 is 4.79 Å². The lowest BCUT2D eigenvalue weighted by atomic mass is 10.2. The molecule has 14 heavy (non-hydrogen) atoms. The topological polar surface area (TPSA) is 23.6 Å². The van der Waals surface area contributed by atoms with Crippen LogP contribution in [0.3, 0.4) is 0 Å². The monoisotopic (exact) mass is 196 g/mol. The highest BCUT2D eigenvalue weighted by molar-refractivity contribution is 5.75. The van der Waals surface area contributed by atoms with E-state index in [0.29, 0.717) is 12.1 Å². The van der Waals surface area contributed by atoms with Crippen LogP contribution in [0.1, 0.15) is 39.0 Å². The average Bonchev–Trinajstić information content (AvgIpc) is 2.87. The molecular weight excluding hydrogens is 176 g/mol. The van der Waals surface area contributed by atoms with Crippen LogP contribution in [0.2, 0.25) is 0 Å². The predicted molar refractivity (Wildman–Crippen MR) is 56.2 cm³/mol. The van der Waals surface area contributed by atoms with Gasteiger partial charge in [0.2, 0.25) is 0 Å². The number of urea groups is 1. The molecule has 2 amide bonds. The molecule has 2 rings (SSSR count). The number of hydrogen-bond donors (Lipinski definition) is 0. The number of carbonyl (C=O) groups is 1. The maximum atomic E-state index is 12.1. The van der Waals surface area contributed by atoms with Crippen molar-refractivity contribution in [1.82, 2.24) is 9.80 Å². The number of likely N-dealkylation sites (tertiary alicyclic amines) is 2. The van der Waals surface area contributed by atoms with Gasteiger partial charge in [0, 0.05) is 25.7 Å². The fraction of sp³-hybridized carbons (Fsp3) is 0.909. The molecule has 0 aliphatic carbocycles. The zero-order chi connectivity index (χ0) is 9.97. The van der Waals surface area contributed by atoms with Crippen LogP contribution >= 0.6 is 0 Å². The summed E-state index contributed by atoms with van der Waals surface area (Å²) in [7, 11) is 0. The van der Waals surface area contributed by atoms with Gasteiger partial charge in [0.05, 0.1) is 0 Å². The van der Waals surface area contributed by atoms with Gasteiger partial charge < -0.3 is 9.80 Å². The van der Waals surface area contributed by atoms with Crippen molar-refractivity contribution in [2.45, 2.75) is 45.1 Å². The molecule has 0 aromatic heterocycles. The minimum absolute atomic E-state index is 0.298. The molecule has 0 spiro atoms. The van der Waals surface area contributed by atoms with E-state index in [1.165, 1.54) is 25.7 Å². The zero-order valence-electron chi connectivity index (χ0n) is 9.04. The molecule has 0 radical (unpaired) electrons. The highest BCUT2D eigenvalue weighted by atomic mass is 16.2. The largest absolute Gasteiger partial charge is 0.325 e. The fourth-order valence-electron chi connectivity index (χ4n) is 2.60. The smallest absolute Gasteiger partial charge is 0.320 e. The third-order valence-electron chi connectivity index (χ3n) is 3.47. The van der Waals surface area contributed by atoms with Gasteiger partial charge in [0.25, 0.3) is 0 Å². The van der Waals surface area contributed by atoms with E-state index in [1.807, 2.05) is 4.90 Å². The Morgan fingerprint density at radius 2 is 1.93 bits per heavy atom. The number of amides is 2. The molecule has 2 saturated heterocycles. The van der Waals surface area contributed by atoms with E-state index >= 15 is 0 Å². The summed E-state index contributed by atoms with van der Waals surface area (Å²) in [6.07, 6.45) is 5.89. The normalized spacial score (nSPS) is 27.4. The van der Waals surface area contributed by atoms with E-state index in [1.54, 1.807) is 0 Å². The van der Waals surface area contributed by atoms with Gasteiger partial charge in [-0.3, -0.25) is 0 Å². The van der Waals surface area contributed by atoms with Gasteiger partial charge in [0.1, 0.15) is 0 Å². The Labute approximate surface area is 86.1 Å². The molecule has 1 atom stereocenters. The van der Waals surface area contributed by atoms with E-state index in [0.717, 1.165) is 26.1 Å². The molecule has 2 aliphatic heterocycles. The zero-order valence-corrected chi connectivity index (χ0v) is 9.04. The number of nitrogens with zero attached hydrogens (tertiary/aromatic N) is 2. The van der Waals surface area contributed by atoms with Gasteiger partial charge in [-0.15, -0.1) is 0 Å². The fourth-order valence-corrected chi connectivity index (χ4v) is 2.60. The van der Waals surface area contributed by atoms with Crippen LogP contribution in [-0.2, 0) is 0 Å². The number of hydrogen-bond acceptors (Lipinski definition) is 1. The molecule has 0 aromatic carbocycles. The van der Waals surface area contributed by atoms with E-state index in [-0.39, 0.29) is 0 Å². The van der Waals surface area contributed by atoms with E-state index in [2.05, 4.69) is 11.8 Å². The van der Waals surface area contributed by atoms with Crippen molar-refractivity contribution in [3.8, 4) is 0 Å². The van der Waals surface area contributed by atoms with Crippen molar-refractivity contribution in [2.24, 2.45) is 0 Å². The molecule has 0 bridgehead atoms. The first-order valence-electron chi connectivity index (χ1n) is 5.88. The molecule has 0 N–H and O–H groups in total. The van der Waals surface area contributed by atoms with Gasteiger partial charge in [-0.2, -0.15) is 0 Å². The predicted octanol–water partition coefficient (Wildman–Crippen LogP) is 2.08. The summed E-state index contributed by atoms with van der Waals surface area (Å²) in [6.45, 7) is 5.12. The van der Waals surface area contributed by atoms with Crippen molar-refractivity contribution in [2.75, 3.05) is 19.6 Å². The second-order valence-corrected chi connectivity index (χ2v) is 4.37. The van der Waals surface area contributed by atoms with E-state index < -0.39 is 0 Å². The molecule has 2 aliphatic rings. The maximum absolute atomic E-state index is 12.1. The average molecular weight is 196 g/mol. The second kappa shape index (κ2) is 4.20. The summed E-state index contributed by atoms with van der Waals surface area (Å²) in [5, 5.41) is 0. The molecule has 3 nitrogen and oxygen atoms in total. The van der Waals surface area contributed by atoms with Crippen LogP contribution in [0.4, 0.5) is 4.79 Å². The summed E-state index contributed by atoms with van der Waals surface area (Å²) in [6, 6.07) is 0.815. The Kier molecular flexibility index (Phi) is 2.94. The summed E-state index contributed by atoms with van der Waals surface area (Å²) < 4.78 is 0. The molecule has 3 heteroatoms. The molecular formula is C11H20N2O. The molecule has 0 unspecified atom stereocenters. The van der Waals surface area contributed by atoms with E-state index in [4.69, 9.17) is 0 Å². The Bertz CT molecular complexity index is 211. The highest BCUT2D eigenvalue weighted by Gasteiger charge is 2.31. The first kappa shape index (κ1) is 9.81. The molecule has 2 heterocycles. The van der Waals surface area contributed by atoms with Crippen molar-refractivity contribution >= 4 is 6.03 Å². The van der Waals surface area contributed by atoms with Crippen LogP contribution in [0, 0.1) is 0 Å². The van der Waals surface area contributed by atoms with E-state index in [9.17, 15) is 4.79 Å². The SMILES string of the molecule is CC[C@H]1CCCN1C(=O)N1CCCC1. The van der Waals surface area contributed by atoms with Crippen molar-refractivity contribution in [3.05, 3.63) is 0 Å². The van der Waals surface area contributed by atoms with Gasteiger partial charge in [-0.05, 0) is 32.1 Å². The first-order chi connectivity index (χ1) is 6.83. The summed E-state index contributed by atoms with van der Waals surface area (Å²) in [4.78, 5) is 16.2. The minimum atomic E-state index is 0.298. The molecule has 80 valence electrons. The summed E-state index contributed by atoms with van der Waals surface area (Å²) in [5.74, 6) is 0.